The molecule has 0 fully saturated rings. The Morgan fingerprint density at radius 2 is 1.95 bits per heavy atom. The Labute approximate surface area is 123 Å². The normalized spacial score (nSPS) is 10.3. The molecule has 0 aliphatic heterocycles. The molecule has 0 aliphatic carbocycles. The van der Waals surface area contributed by atoms with Gasteiger partial charge in [-0.05, 0) is 36.4 Å². The fourth-order valence-electron chi connectivity index (χ4n) is 1.67. The highest BCUT2D eigenvalue weighted by Gasteiger charge is 2.18. The van der Waals surface area contributed by atoms with Gasteiger partial charge in [-0.1, -0.05) is 27.5 Å². The van der Waals surface area contributed by atoms with Crippen LogP contribution < -0.4 is 4.74 Å². The number of rotatable bonds is 3. The van der Waals surface area contributed by atoms with Gasteiger partial charge in [-0.2, -0.15) is 0 Å². The zero-order valence-electron chi connectivity index (χ0n) is 9.91. The average Bonchev–Trinajstić information content (AvgIpc) is 2.40. The van der Waals surface area contributed by atoms with Gasteiger partial charge in [-0.3, -0.25) is 4.79 Å². The van der Waals surface area contributed by atoms with E-state index in [1.807, 2.05) is 0 Å². The maximum atomic E-state index is 13.3. The predicted molar refractivity (Wildman–Crippen MR) is 75.5 cm³/mol. The number of ether oxygens (including phenoxy) is 1. The molecule has 0 aliphatic rings. The maximum absolute atomic E-state index is 13.3. The SMILES string of the molecule is COc1ccc(F)cc1C(=O)c1cc(Br)ccc1Cl. The first-order chi connectivity index (χ1) is 9.02. The van der Waals surface area contributed by atoms with Gasteiger partial charge in [0, 0.05) is 10.0 Å². The van der Waals surface area contributed by atoms with Gasteiger partial charge >= 0.3 is 0 Å². The van der Waals surface area contributed by atoms with Crippen LogP contribution in [-0.2, 0) is 0 Å². The van der Waals surface area contributed by atoms with E-state index in [2.05, 4.69) is 15.9 Å². The summed E-state index contributed by atoms with van der Waals surface area (Å²) < 4.78 is 19.1. The van der Waals surface area contributed by atoms with Gasteiger partial charge in [0.05, 0.1) is 17.7 Å². The van der Waals surface area contributed by atoms with Crippen LogP contribution >= 0.6 is 27.5 Å². The molecule has 2 nitrogen and oxygen atoms in total. The van der Waals surface area contributed by atoms with Crippen molar-refractivity contribution in [2.45, 2.75) is 0 Å². The molecule has 0 unspecified atom stereocenters. The van der Waals surface area contributed by atoms with Crippen LogP contribution in [0.2, 0.25) is 5.02 Å². The highest BCUT2D eigenvalue weighted by Crippen LogP contribution is 2.28. The lowest BCUT2D eigenvalue weighted by Crippen LogP contribution is -2.05. The topological polar surface area (TPSA) is 26.3 Å². The van der Waals surface area contributed by atoms with Crippen LogP contribution in [0.4, 0.5) is 4.39 Å². The van der Waals surface area contributed by atoms with Crippen molar-refractivity contribution >= 4 is 33.3 Å². The zero-order valence-corrected chi connectivity index (χ0v) is 12.3. The summed E-state index contributed by atoms with van der Waals surface area (Å²) in [6.45, 7) is 0. The third-order valence-corrected chi connectivity index (χ3v) is 3.40. The molecule has 5 heteroatoms. The van der Waals surface area contributed by atoms with Crippen LogP contribution in [0.15, 0.2) is 40.9 Å². The first-order valence-electron chi connectivity index (χ1n) is 5.36. The molecule has 0 saturated carbocycles. The summed E-state index contributed by atoms with van der Waals surface area (Å²) in [5, 5.41) is 0.305. The van der Waals surface area contributed by atoms with Crippen molar-refractivity contribution < 1.29 is 13.9 Å². The molecule has 0 bridgehead atoms. The molecule has 0 radical (unpaired) electrons. The first kappa shape index (κ1) is 14.0. The van der Waals surface area contributed by atoms with Crippen LogP contribution in [0.1, 0.15) is 15.9 Å². The third-order valence-electron chi connectivity index (χ3n) is 2.58. The molecule has 0 amide bonds. The van der Waals surface area contributed by atoms with Gasteiger partial charge in [0.25, 0.3) is 0 Å². The van der Waals surface area contributed by atoms with Crippen LogP contribution in [-0.4, -0.2) is 12.9 Å². The predicted octanol–water partition coefficient (Wildman–Crippen LogP) is 4.48. The zero-order chi connectivity index (χ0) is 14.0. The number of halogens is 3. The van der Waals surface area contributed by atoms with Crippen LogP contribution in [0.3, 0.4) is 0 Å². The highest BCUT2D eigenvalue weighted by molar-refractivity contribution is 9.10. The molecule has 2 rings (SSSR count). The minimum absolute atomic E-state index is 0.141. The smallest absolute Gasteiger partial charge is 0.198 e. The van der Waals surface area contributed by atoms with E-state index in [1.165, 1.54) is 19.2 Å². The second-order valence-corrected chi connectivity index (χ2v) is 5.12. The van der Waals surface area contributed by atoms with Gasteiger partial charge in [0.15, 0.2) is 5.78 Å². The van der Waals surface area contributed by atoms with Crippen LogP contribution in [0.25, 0.3) is 0 Å². The van der Waals surface area contributed by atoms with Gasteiger partial charge in [-0.15, -0.1) is 0 Å². The van der Waals surface area contributed by atoms with E-state index < -0.39 is 5.82 Å². The quantitative estimate of drug-likeness (QED) is 0.768. The monoisotopic (exact) mass is 342 g/mol. The molecular weight excluding hydrogens is 335 g/mol. The third kappa shape index (κ3) is 2.96. The van der Waals surface area contributed by atoms with Crippen molar-refractivity contribution in [2.75, 3.05) is 7.11 Å². The van der Waals surface area contributed by atoms with E-state index in [4.69, 9.17) is 16.3 Å². The van der Waals surface area contributed by atoms with Gasteiger partial charge in [0.2, 0.25) is 0 Å². The summed E-state index contributed by atoms with van der Waals surface area (Å²) in [5.41, 5.74) is 0.433. The summed E-state index contributed by atoms with van der Waals surface area (Å²) >= 11 is 9.27. The summed E-state index contributed by atoms with van der Waals surface area (Å²) in [7, 11) is 1.42. The minimum Gasteiger partial charge on any atom is -0.496 e. The lowest BCUT2D eigenvalue weighted by atomic mass is 10.0. The maximum Gasteiger partial charge on any atom is 0.198 e. The number of benzene rings is 2. The Morgan fingerprint density at radius 1 is 1.21 bits per heavy atom. The van der Waals surface area contributed by atoms with Crippen molar-refractivity contribution in [3.05, 3.63) is 62.8 Å². The largest absolute Gasteiger partial charge is 0.496 e. The van der Waals surface area contributed by atoms with Crippen molar-refractivity contribution in [1.29, 1.82) is 0 Å². The van der Waals surface area contributed by atoms with E-state index in [1.54, 1.807) is 18.2 Å². The minimum atomic E-state index is -0.504. The molecule has 0 atom stereocenters. The molecule has 98 valence electrons. The summed E-state index contributed by atoms with van der Waals surface area (Å²) in [4.78, 5) is 12.4. The Kier molecular flexibility index (Phi) is 4.22. The number of methoxy groups -OCH3 is 1. The average molecular weight is 344 g/mol. The first-order valence-corrected chi connectivity index (χ1v) is 6.53. The number of carbonyl (C=O) groups excluding carboxylic acids is 1. The van der Waals surface area contributed by atoms with E-state index >= 15 is 0 Å². The molecule has 0 heterocycles. The van der Waals surface area contributed by atoms with E-state index in [0.717, 1.165) is 10.5 Å². The summed E-state index contributed by atoms with van der Waals surface area (Å²) in [6.07, 6.45) is 0. The highest BCUT2D eigenvalue weighted by atomic mass is 79.9. The molecule has 0 saturated heterocycles. The van der Waals surface area contributed by atoms with Crippen LogP contribution in [0, 0.1) is 5.82 Å². The second-order valence-electron chi connectivity index (χ2n) is 3.80. The van der Waals surface area contributed by atoms with E-state index in [9.17, 15) is 9.18 Å². The Balaban J connectivity index is 2.55. The molecular formula is C14H9BrClFO2. The fraction of sp³-hybridized carbons (Fsp3) is 0.0714. The van der Waals surface area contributed by atoms with Crippen molar-refractivity contribution in [3.8, 4) is 5.75 Å². The second kappa shape index (κ2) is 5.72. The Morgan fingerprint density at radius 3 is 2.63 bits per heavy atom. The lowest BCUT2D eigenvalue weighted by molar-refractivity contribution is 0.103. The molecule has 2 aromatic carbocycles. The number of carbonyl (C=O) groups is 1. The van der Waals surface area contributed by atoms with Gasteiger partial charge < -0.3 is 4.74 Å². The van der Waals surface area contributed by atoms with Gasteiger partial charge in [0.1, 0.15) is 11.6 Å². The summed E-state index contributed by atoms with van der Waals surface area (Å²) in [6, 6.07) is 8.70. The Bertz CT molecular complexity index is 643. The number of hydrogen-bond acceptors (Lipinski definition) is 2. The molecule has 2 aromatic rings. The van der Waals surface area contributed by atoms with Crippen molar-refractivity contribution in [3.63, 3.8) is 0 Å². The number of ketones is 1. The standard InChI is InChI=1S/C14H9BrClFO2/c1-19-13-5-3-9(17)7-11(13)14(18)10-6-8(15)2-4-12(10)16/h2-7H,1H3. The van der Waals surface area contributed by atoms with E-state index in [-0.39, 0.29) is 11.3 Å². The lowest BCUT2D eigenvalue weighted by Gasteiger charge is -2.09. The number of hydrogen-bond donors (Lipinski definition) is 0. The van der Waals surface area contributed by atoms with E-state index in [0.29, 0.717) is 16.3 Å². The molecule has 0 spiro atoms. The fourth-order valence-corrected chi connectivity index (χ4v) is 2.24. The van der Waals surface area contributed by atoms with Crippen molar-refractivity contribution in [2.24, 2.45) is 0 Å². The molecule has 0 aromatic heterocycles. The molecule has 0 N–H and O–H groups in total. The Hall–Kier alpha value is -1.39. The van der Waals surface area contributed by atoms with Crippen molar-refractivity contribution in [1.82, 2.24) is 0 Å². The van der Waals surface area contributed by atoms with Gasteiger partial charge in [-0.25, -0.2) is 4.39 Å². The summed E-state index contributed by atoms with van der Waals surface area (Å²) in [5.74, 6) is -0.583. The van der Waals surface area contributed by atoms with Crippen LogP contribution in [0.5, 0.6) is 5.75 Å². The molecule has 19 heavy (non-hydrogen) atoms.